The number of anilines is 1. The highest BCUT2D eigenvalue weighted by molar-refractivity contribution is 6.04. The van der Waals surface area contributed by atoms with Crippen LogP contribution in [0.4, 0.5) is 10.4 Å². The van der Waals surface area contributed by atoms with Crippen molar-refractivity contribution in [2.24, 2.45) is 0 Å². The standard InChI is InChI=1S/C16H10FN3O4/c17-12-7-10(6-11(8-21)13(12)22)14(23)18-16-20-19-15(24-16)9-4-2-1-3-5-9/h1-8,22H,(H,18,20,23). The molecule has 2 aromatic carbocycles. The van der Waals surface area contributed by atoms with Crippen molar-refractivity contribution in [2.75, 3.05) is 5.32 Å². The maximum absolute atomic E-state index is 13.5. The zero-order valence-corrected chi connectivity index (χ0v) is 12.1. The van der Waals surface area contributed by atoms with Gasteiger partial charge in [-0.15, -0.1) is 5.10 Å². The molecule has 7 nitrogen and oxygen atoms in total. The van der Waals surface area contributed by atoms with Crippen LogP contribution in [-0.4, -0.2) is 27.5 Å². The SMILES string of the molecule is O=Cc1cc(C(=O)Nc2nnc(-c3ccccc3)o2)cc(F)c1O. The number of amides is 1. The molecule has 0 saturated heterocycles. The van der Waals surface area contributed by atoms with Crippen LogP contribution in [0.15, 0.2) is 46.9 Å². The van der Waals surface area contributed by atoms with Gasteiger partial charge in [0.2, 0.25) is 5.89 Å². The third kappa shape index (κ3) is 2.98. The summed E-state index contributed by atoms with van der Waals surface area (Å²) in [4.78, 5) is 22.9. The van der Waals surface area contributed by atoms with E-state index >= 15 is 0 Å². The first kappa shape index (κ1) is 15.3. The Morgan fingerprint density at radius 1 is 1.21 bits per heavy atom. The second-order valence-electron chi connectivity index (χ2n) is 4.75. The summed E-state index contributed by atoms with van der Waals surface area (Å²) in [5.74, 6) is -2.46. The number of aromatic nitrogens is 2. The Kier molecular flexibility index (Phi) is 4.02. The monoisotopic (exact) mass is 327 g/mol. The van der Waals surface area contributed by atoms with E-state index in [4.69, 9.17) is 4.42 Å². The molecule has 0 atom stereocenters. The third-order valence-electron chi connectivity index (χ3n) is 3.15. The second-order valence-corrected chi connectivity index (χ2v) is 4.75. The number of rotatable bonds is 4. The molecule has 0 spiro atoms. The molecule has 2 N–H and O–H groups in total. The van der Waals surface area contributed by atoms with E-state index in [0.717, 1.165) is 12.1 Å². The van der Waals surface area contributed by atoms with Gasteiger partial charge in [0.25, 0.3) is 5.91 Å². The van der Waals surface area contributed by atoms with Gasteiger partial charge in [-0.2, -0.15) is 0 Å². The number of halogens is 1. The molecule has 0 aliphatic heterocycles. The predicted molar refractivity (Wildman–Crippen MR) is 81.1 cm³/mol. The fourth-order valence-electron chi connectivity index (χ4n) is 1.98. The summed E-state index contributed by atoms with van der Waals surface area (Å²) in [6.07, 6.45) is 0.245. The molecule has 120 valence electrons. The van der Waals surface area contributed by atoms with Crippen molar-refractivity contribution in [3.8, 4) is 17.2 Å². The van der Waals surface area contributed by atoms with Gasteiger partial charge in [-0.1, -0.05) is 23.3 Å². The molecular weight excluding hydrogens is 317 g/mol. The zero-order chi connectivity index (χ0) is 17.1. The van der Waals surface area contributed by atoms with Crippen LogP contribution in [0, 0.1) is 5.82 Å². The van der Waals surface area contributed by atoms with Gasteiger partial charge in [0.05, 0.1) is 5.56 Å². The molecule has 1 heterocycles. The normalized spacial score (nSPS) is 10.4. The van der Waals surface area contributed by atoms with Crippen LogP contribution in [0.3, 0.4) is 0 Å². The molecule has 3 rings (SSSR count). The first-order valence-electron chi connectivity index (χ1n) is 6.76. The molecule has 0 unspecified atom stereocenters. The van der Waals surface area contributed by atoms with Gasteiger partial charge in [0.1, 0.15) is 0 Å². The minimum absolute atomic E-state index is 0.174. The number of hydrogen-bond acceptors (Lipinski definition) is 6. The average Bonchev–Trinajstić information content (AvgIpc) is 3.06. The number of aldehydes is 1. The number of nitrogens with one attached hydrogen (secondary N) is 1. The molecule has 0 fully saturated rings. The van der Waals surface area contributed by atoms with Crippen LogP contribution in [0.2, 0.25) is 0 Å². The number of nitrogens with zero attached hydrogens (tertiary/aromatic N) is 2. The molecule has 0 aliphatic carbocycles. The molecule has 0 saturated carbocycles. The smallest absolute Gasteiger partial charge is 0.322 e. The fraction of sp³-hybridized carbons (Fsp3) is 0. The van der Waals surface area contributed by atoms with Crippen molar-refractivity contribution in [3.63, 3.8) is 0 Å². The van der Waals surface area contributed by atoms with Crippen LogP contribution in [0.1, 0.15) is 20.7 Å². The Morgan fingerprint density at radius 3 is 2.67 bits per heavy atom. The van der Waals surface area contributed by atoms with Crippen molar-refractivity contribution in [1.82, 2.24) is 10.2 Å². The van der Waals surface area contributed by atoms with Crippen LogP contribution < -0.4 is 5.32 Å². The van der Waals surface area contributed by atoms with Crippen LogP contribution in [0.5, 0.6) is 5.75 Å². The first-order chi connectivity index (χ1) is 11.6. The summed E-state index contributed by atoms with van der Waals surface area (Å²) < 4.78 is 18.8. The molecule has 0 bridgehead atoms. The lowest BCUT2D eigenvalue weighted by Crippen LogP contribution is -2.13. The first-order valence-corrected chi connectivity index (χ1v) is 6.76. The maximum atomic E-state index is 13.5. The van der Waals surface area contributed by atoms with Gasteiger partial charge in [-0.05, 0) is 24.3 Å². The number of aromatic hydroxyl groups is 1. The Labute approximate surface area is 134 Å². The van der Waals surface area contributed by atoms with Crippen molar-refractivity contribution in [1.29, 1.82) is 0 Å². The molecule has 1 aromatic heterocycles. The molecule has 0 radical (unpaired) electrons. The average molecular weight is 327 g/mol. The van der Waals surface area contributed by atoms with Gasteiger partial charge in [-0.3, -0.25) is 14.9 Å². The Bertz CT molecular complexity index is 909. The molecule has 24 heavy (non-hydrogen) atoms. The summed E-state index contributed by atoms with van der Waals surface area (Å²) >= 11 is 0. The van der Waals surface area contributed by atoms with Crippen molar-refractivity contribution in [2.45, 2.75) is 0 Å². The van der Waals surface area contributed by atoms with E-state index in [1.165, 1.54) is 0 Å². The van der Waals surface area contributed by atoms with E-state index in [1.54, 1.807) is 24.3 Å². The lowest BCUT2D eigenvalue weighted by molar-refractivity contribution is 0.102. The van der Waals surface area contributed by atoms with E-state index in [1.807, 2.05) is 6.07 Å². The highest BCUT2D eigenvalue weighted by atomic mass is 19.1. The van der Waals surface area contributed by atoms with Crippen molar-refractivity contribution in [3.05, 3.63) is 59.4 Å². The zero-order valence-electron chi connectivity index (χ0n) is 12.1. The van der Waals surface area contributed by atoms with Crippen LogP contribution in [-0.2, 0) is 0 Å². The fourth-order valence-corrected chi connectivity index (χ4v) is 1.98. The Hall–Kier alpha value is -3.55. The summed E-state index contributed by atoms with van der Waals surface area (Å²) in [5.41, 5.74) is 0.159. The number of phenolic OH excluding ortho intramolecular Hbond substituents is 1. The molecule has 1 amide bonds. The summed E-state index contributed by atoms with van der Waals surface area (Å²) in [6.45, 7) is 0. The lowest BCUT2D eigenvalue weighted by atomic mass is 10.1. The van der Waals surface area contributed by atoms with Crippen molar-refractivity contribution >= 4 is 18.2 Å². The van der Waals surface area contributed by atoms with Crippen LogP contribution in [0.25, 0.3) is 11.5 Å². The third-order valence-corrected chi connectivity index (χ3v) is 3.15. The maximum Gasteiger partial charge on any atom is 0.322 e. The number of carbonyl (C=O) groups excluding carboxylic acids is 2. The number of benzene rings is 2. The highest BCUT2D eigenvalue weighted by Crippen LogP contribution is 2.23. The van der Waals surface area contributed by atoms with E-state index in [0.29, 0.717) is 5.56 Å². The Balaban J connectivity index is 1.82. The predicted octanol–water partition coefficient (Wildman–Crippen LogP) is 2.65. The quantitative estimate of drug-likeness (QED) is 0.714. The van der Waals surface area contributed by atoms with Gasteiger partial charge < -0.3 is 9.52 Å². The lowest BCUT2D eigenvalue weighted by Gasteiger charge is -2.04. The summed E-state index contributed by atoms with van der Waals surface area (Å²) in [5, 5.41) is 19.1. The van der Waals surface area contributed by atoms with Crippen molar-refractivity contribution < 1.29 is 23.5 Å². The minimum Gasteiger partial charge on any atom is -0.504 e. The molecule has 8 heteroatoms. The van der Waals surface area contributed by atoms with Crippen LogP contribution >= 0.6 is 0 Å². The van der Waals surface area contributed by atoms with Gasteiger partial charge in [-0.25, -0.2) is 4.39 Å². The van der Waals surface area contributed by atoms with E-state index < -0.39 is 17.5 Å². The second kappa shape index (κ2) is 6.29. The minimum atomic E-state index is -1.08. The largest absolute Gasteiger partial charge is 0.504 e. The molecule has 0 aliphatic rings. The Morgan fingerprint density at radius 2 is 1.96 bits per heavy atom. The summed E-state index contributed by atoms with van der Waals surface area (Å²) in [6, 6.07) is 10.6. The van der Waals surface area contributed by atoms with Gasteiger partial charge in [0.15, 0.2) is 17.9 Å². The number of hydrogen-bond donors (Lipinski definition) is 2. The highest BCUT2D eigenvalue weighted by Gasteiger charge is 2.17. The molecular formula is C16H10FN3O4. The van der Waals surface area contributed by atoms with Gasteiger partial charge >= 0.3 is 6.01 Å². The number of phenols is 1. The molecule has 3 aromatic rings. The topological polar surface area (TPSA) is 105 Å². The van der Waals surface area contributed by atoms with E-state index in [2.05, 4.69) is 15.5 Å². The van der Waals surface area contributed by atoms with E-state index in [-0.39, 0.29) is 29.3 Å². The van der Waals surface area contributed by atoms with Gasteiger partial charge in [0, 0.05) is 11.1 Å². The van der Waals surface area contributed by atoms with E-state index in [9.17, 15) is 19.1 Å². The number of carbonyl (C=O) groups is 2. The summed E-state index contributed by atoms with van der Waals surface area (Å²) in [7, 11) is 0.